The number of benzene rings is 3. The summed E-state index contributed by atoms with van der Waals surface area (Å²) in [6.07, 6.45) is 0.774. The van der Waals surface area contributed by atoms with Gasteiger partial charge in [-0.3, -0.25) is 0 Å². The van der Waals surface area contributed by atoms with Crippen LogP contribution in [-0.2, 0) is 14.5 Å². The van der Waals surface area contributed by atoms with E-state index in [1.165, 1.54) is 18.9 Å². The smallest absolute Gasteiger partial charge is 0.365 e. The Bertz CT molecular complexity index is 1260. The first-order valence-electron chi connectivity index (χ1n) is 10.8. The van der Waals surface area contributed by atoms with Crippen LogP contribution in [-0.4, -0.2) is 23.8 Å². The van der Waals surface area contributed by atoms with Crippen LogP contribution in [0.15, 0.2) is 89.1 Å². The number of anilines is 2. The van der Waals surface area contributed by atoms with Crippen molar-refractivity contribution >= 4 is 39.9 Å². The van der Waals surface area contributed by atoms with Gasteiger partial charge in [0.2, 0.25) is 10.0 Å². The summed E-state index contributed by atoms with van der Waals surface area (Å²) in [4.78, 5) is 11.8. The number of thioether (sulfide) groups is 1. The van der Waals surface area contributed by atoms with Crippen LogP contribution in [0.25, 0.3) is 0 Å². The lowest BCUT2D eigenvalue weighted by Crippen LogP contribution is -2.54. The molecule has 7 heteroatoms. The normalized spacial score (nSPS) is 19.2. The van der Waals surface area contributed by atoms with Crippen LogP contribution in [0, 0.1) is 6.92 Å². The van der Waals surface area contributed by atoms with Crippen LogP contribution in [0.3, 0.4) is 0 Å². The zero-order valence-electron chi connectivity index (χ0n) is 18.7. The monoisotopic (exact) mass is 456 g/mol. The Morgan fingerprint density at radius 1 is 0.909 bits per heavy atom. The van der Waals surface area contributed by atoms with E-state index in [4.69, 9.17) is 14.9 Å². The van der Waals surface area contributed by atoms with Gasteiger partial charge >= 0.3 is 5.97 Å². The molecule has 3 aromatic rings. The SMILES string of the molecule is CCC1=NN(c2ccccc2)C2(SC(C(=O)OC)=NN2c2ccc(C)cc2)c2ccccc21. The van der Waals surface area contributed by atoms with Gasteiger partial charge in [0, 0.05) is 11.1 Å². The van der Waals surface area contributed by atoms with E-state index in [2.05, 4.69) is 19.1 Å². The van der Waals surface area contributed by atoms with Gasteiger partial charge < -0.3 is 4.74 Å². The standard InChI is InChI=1S/C26H24N4O2S/c1-4-23-21-12-8-9-13-22(21)26(29(27-23)19-10-6-5-7-11-19)30(20-16-14-18(2)15-17-20)28-24(33-26)25(31)32-3/h5-17H,4H2,1-3H3. The van der Waals surface area contributed by atoms with Gasteiger partial charge in [-0.2, -0.15) is 10.2 Å². The average molecular weight is 457 g/mol. The van der Waals surface area contributed by atoms with Gasteiger partial charge in [0.15, 0.2) is 0 Å². The van der Waals surface area contributed by atoms with Crippen LogP contribution < -0.4 is 10.0 Å². The van der Waals surface area contributed by atoms with Crippen molar-refractivity contribution in [3.8, 4) is 0 Å². The molecule has 0 saturated carbocycles. The molecule has 2 heterocycles. The summed E-state index contributed by atoms with van der Waals surface area (Å²) in [6.45, 7) is 4.15. The highest BCUT2D eigenvalue weighted by Crippen LogP contribution is 2.54. The van der Waals surface area contributed by atoms with E-state index in [-0.39, 0.29) is 5.04 Å². The Labute approximate surface area is 197 Å². The predicted octanol–water partition coefficient (Wildman–Crippen LogP) is 5.48. The molecule has 2 aliphatic rings. The first-order valence-corrected chi connectivity index (χ1v) is 11.7. The summed E-state index contributed by atoms with van der Waals surface area (Å²) >= 11 is 1.35. The Hall–Kier alpha value is -3.58. The molecule has 1 spiro atoms. The molecule has 3 aromatic carbocycles. The number of hydrazone groups is 2. The van der Waals surface area contributed by atoms with Crippen molar-refractivity contribution < 1.29 is 9.53 Å². The van der Waals surface area contributed by atoms with Gasteiger partial charge in [-0.15, -0.1) is 0 Å². The Morgan fingerprint density at radius 2 is 1.55 bits per heavy atom. The molecule has 0 amide bonds. The minimum atomic E-state index is -0.935. The van der Waals surface area contributed by atoms with E-state index in [0.717, 1.165) is 40.2 Å². The Morgan fingerprint density at radius 3 is 2.24 bits per heavy atom. The number of aryl methyl sites for hydroxylation is 1. The fourth-order valence-electron chi connectivity index (χ4n) is 4.19. The number of nitrogens with zero attached hydrogens (tertiary/aromatic N) is 4. The van der Waals surface area contributed by atoms with Crippen molar-refractivity contribution in [3.63, 3.8) is 0 Å². The molecule has 0 bridgehead atoms. The topological polar surface area (TPSA) is 57.5 Å². The molecule has 0 fully saturated rings. The molecule has 0 radical (unpaired) electrons. The van der Waals surface area contributed by atoms with Crippen molar-refractivity contribution in [2.24, 2.45) is 10.2 Å². The van der Waals surface area contributed by atoms with Gasteiger partial charge in [0.25, 0.3) is 0 Å². The second kappa shape index (κ2) is 8.41. The van der Waals surface area contributed by atoms with Gasteiger partial charge in [0.05, 0.1) is 24.2 Å². The Balaban J connectivity index is 1.81. The number of rotatable bonds is 4. The molecular formula is C26H24N4O2S. The molecule has 0 saturated heterocycles. The van der Waals surface area contributed by atoms with Crippen molar-refractivity contribution in [2.45, 2.75) is 25.3 Å². The molecule has 33 heavy (non-hydrogen) atoms. The maximum absolute atomic E-state index is 12.7. The van der Waals surface area contributed by atoms with Crippen molar-refractivity contribution in [1.29, 1.82) is 0 Å². The summed E-state index contributed by atoms with van der Waals surface area (Å²) in [7, 11) is 1.38. The zero-order chi connectivity index (χ0) is 23.0. The summed E-state index contributed by atoms with van der Waals surface area (Å²) < 4.78 is 5.07. The van der Waals surface area contributed by atoms with Crippen LogP contribution in [0.4, 0.5) is 11.4 Å². The maximum Gasteiger partial charge on any atom is 0.365 e. The first kappa shape index (κ1) is 21.3. The summed E-state index contributed by atoms with van der Waals surface area (Å²) in [5.74, 6) is -0.468. The van der Waals surface area contributed by atoms with Crippen LogP contribution in [0.5, 0.6) is 0 Å². The van der Waals surface area contributed by atoms with Crippen LogP contribution in [0.2, 0.25) is 0 Å². The van der Waals surface area contributed by atoms with Gasteiger partial charge in [-0.1, -0.05) is 67.1 Å². The number of esters is 1. The molecule has 5 rings (SSSR count). The third-order valence-electron chi connectivity index (χ3n) is 5.79. The van der Waals surface area contributed by atoms with Crippen molar-refractivity contribution in [2.75, 3.05) is 17.1 Å². The van der Waals surface area contributed by atoms with Gasteiger partial charge in [-0.25, -0.2) is 14.8 Å². The number of para-hydroxylation sites is 1. The molecule has 1 atom stereocenters. The minimum absolute atomic E-state index is 0.281. The second-order valence-electron chi connectivity index (χ2n) is 7.85. The summed E-state index contributed by atoms with van der Waals surface area (Å²) in [5, 5.41) is 14.1. The largest absolute Gasteiger partial charge is 0.464 e. The van der Waals surface area contributed by atoms with E-state index < -0.39 is 11.0 Å². The van der Waals surface area contributed by atoms with Crippen molar-refractivity contribution in [3.05, 3.63) is 95.6 Å². The molecule has 0 aliphatic carbocycles. The average Bonchev–Trinajstić information content (AvgIpc) is 3.26. The minimum Gasteiger partial charge on any atom is -0.464 e. The fourth-order valence-corrected chi connectivity index (χ4v) is 5.50. The molecule has 6 nitrogen and oxygen atoms in total. The predicted molar refractivity (Wildman–Crippen MR) is 135 cm³/mol. The number of hydrogen-bond donors (Lipinski definition) is 0. The van der Waals surface area contributed by atoms with E-state index in [9.17, 15) is 4.79 Å². The third kappa shape index (κ3) is 3.40. The lowest BCUT2D eigenvalue weighted by Gasteiger charge is -2.47. The highest BCUT2D eigenvalue weighted by atomic mass is 32.2. The summed E-state index contributed by atoms with van der Waals surface area (Å²) in [5.41, 5.74) is 5.97. The molecule has 0 aromatic heterocycles. The number of carbonyl (C=O) groups is 1. The number of hydrogen-bond acceptors (Lipinski definition) is 7. The second-order valence-corrected chi connectivity index (χ2v) is 9.01. The lowest BCUT2D eigenvalue weighted by molar-refractivity contribution is -0.132. The number of methoxy groups -OCH3 is 1. The van der Waals surface area contributed by atoms with E-state index in [1.807, 2.05) is 83.7 Å². The van der Waals surface area contributed by atoms with Gasteiger partial charge in [-0.05, 0) is 49.4 Å². The zero-order valence-corrected chi connectivity index (χ0v) is 19.5. The highest BCUT2D eigenvalue weighted by Gasteiger charge is 2.56. The molecular weight excluding hydrogens is 432 g/mol. The molecule has 2 aliphatic heterocycles. The van der Waals surface area contributed by atoms with E-state index in [1.54, 1.807) is 0 Å². The lowest BCUT2D eigenvalue weighted by atomic mass is 9.96. The highest BCUT2D eigenvalue weighted by molar-refractivity contribution is 8.16. The van der Waals surface area contributed by atoms with Crippen LogP contribution >= 0.6 is 11.8 Å². The van der Waals surface area contributed by atoms with E-state index in [0.29, 0.717) is 0 Å². The summed E-state index contributed by atoms with van der Waals surface area (Å²) in [6, 6.07) is 26.4. The van der Waals surface area contributed by atoms with Crippen molar-refractivity contribution in [1.82, 2.24) is 0 Å². The van der Waals surface area contributed by atoms with E-state index >= 15 is 0 Å². The van der Waals surface area contributed by atoms with Crippen LogP contribution in [0.1, 0.15) is 30.0 Å². The quantitative estimate of drug-likeness (QED) is 0.487. The number of carbonyl (C=O) groups excluding carboxylic acids is 1. The number of ether oxygens (including phenoxy) is 1. The maximum atomic E-state index is 12.7. The Kier molecular flexibility index (Phi) is 5.42. The third-order valence-corrected chi connectivity index (χ3v) is 7.08. The molecule has 166 valence electrons. The fraction of sp³-hybridized carbons (Fsp3) is 0.192. The molecule has 0 N–H and O–H groups in total. The molecule has 1 unspecified atom stereocenters. The number of fused-ring (bicyclic) bond motifs is 2. The first-order chi connectivity index (χ1) is 16.1. The van der Waals surface area contributed by atoms with Gasteiger partial charge in [0.1, 0.15) is 0 Å².